The lowest BCUT2D eigenvalue weighted by Gasteiger charge is -2.15. The minimum Gasteiger partial charge on any atom is -0.382 e. The summed E-state index contributed by atoms with van der Waals surface area (Å²) in [6.45, 7) is 1.22. The Kier molecular flexibility index (Phi) is 6.04. The molecule has 0 saturated heterocycles. The van der Waals surface area contributed by atoms with Crippen LogP contribution in [-0.2, 0) is 16.0 Å². The molecule has 0 amide bonds. The Balaban J connectivity index is 2.42. The predicted molar refractivity (Wildman–Crippen MR) is 60.7 cm³/mol. The molecule has 0 saturated carbocycles. The number of hydrogen-bond donors (Lipinski definition) is 1. The van der Waals surface area contributed by atoms with E-state index in [1.165, 1.54) is 6.07 Å². The predicted octanol–water partition coefficient (Wildman–Crippen LogP) is 1.72. The number of nitrogens with one attached hydrogen (secondary N) is 1. The first kappa shape index (κ1) is 14.0. The average molecular weight is 245 g/mol. The Hall–Kier alpha value is -1.04. The van der Waals surface area contributed by atoms with E-state index in [0.29, 0.717) is 18.7 Å². The first-order valence-corrected chi connectivity index (χ1v) is 5.34. The van der Waals surface area contributed by atoms with E-state index in [0.717, 1.165) is 6.07 Å². The molecule has 1 aromatic carbocycles. The second-order valence-corrected chi connectivity index (χ2v) is 3.66. The van der Waals surface area contributed by atoms with E-state index in [1.54, 1.807) is 20.3 Å². The number of halogens is 2. The lowest BCUT2D eigenvalue weighted by molar-refractivity contribution is 0.0287. The minimum absolute atomic E-state index is 0.100. The van der Waals surface area contributed by atoms with Crippen LogP contribution in [0, 0.1) is 11.6 Å². The molecule has 1 aromatic rings. The molecule has 0 radical (unpaired) electrons. The van der Waals surface area contributed by atoms with Gasteiger partial charge in [-0.25, -0.2) is 8.78 Å². The van der Waals surface area contributed by atoms with Gasteiger partial charge in [0.05, 0.1) is 12.7 Å². The van der Waals surface area contributed by atoms with E-state index in [1.807, 2.05) is 0 Å². The molecule has 1 N–H and O–H groups in total. The van der Waals surface area contributed by atoms with E-state index in [-0.39, 0.29) is 12.6 Å². The van der Waals surface area contributed by atoms with Gasteiger partial charge in [0.25, 0.3) is 0 Å². The lowest BCUT2D eigenvalue weighted by Crippen LogP contribution is -2.31. The largest absolute Gasteiger partial charge is 0.382 e. The van der Waals surface area contributed by atoms with Crippen LogP contribution >= 0.6 is 0 Å². The van der Waals surface area contributed by atoms with Crippen molar-refractivity contribution in [2.75, 3.05) is 27.4 Å². The molecule has 96 valence electrons. The molecule has 17 heavy (non-hydrogen) atoms. The number of methoxy groups -OCH3 is 2. The minimum atomic E-state index is -0.829. The van der Waals surface area contributed by atoms with Gasteiger partial charge in [-0.3, -0.25) is 0 Å². The van der Waals surface area contributed by atoms with Crippen molar-refractivity contribution in [3.05, 3.63) is 35.4 Å². The summed E-state index contributed by atoms with van der Waals surface area (Å²) >= 11 is 0. The second-order valence-electron chi connectivity index (χ2n) is 3.66. The van der Waals surface area contributed by atoms with Crippen LogP contribution in [0.25, 0.3) is 0 Å². The van der Waals surface area contributed by atoms with Gasteiger partial charge in [-0.2, -0.15) is 0 Å². The molecule has 3 nitrogen and oxygen atoms in total. The molecule has 5 heteroatoms. The third kappa shape index (κ3) is 4.38. The highest BCUT2D eigenvalue weighted by Crippen LogP contribution is 2.10. The maximum absolute atomic E-state index is 13.3. The molecule has 0 heterocycles. The van der Waals surface area contributed by atoms with Gasteiger partial charge in [0.2, 0.25) is 0 Å². The Bertz CT molecular complexity index is 347. The molecular formula is C12H17F2NO2. The zero-order valence-electron chi connectivity index (χ0n) is 10.0. The molecule has 0 aliphatic carbocycles. The van der Waals surface area contributed by atoms with E-state index >= 15 is 0 Å². The van der Waals surface area contributed by atoms with Crippen molar-refractivity contribution in [3.63, 3.8) is 0 Å². The normalized spacial score (nSPS) is 12.7. The molecule has 1 unspecified atom stereocenters. The van der Waals surface area contributed by atoms with Crippen LogP contribution in [0.15, 0.2) is 18.2 Å². The number of ether oxygens (including phenoxy) is 2. The second kappa shape index (κ2) is 7.32. The van der Waals surface area contributed by atoms with Crippen LogP contribution in [0.1, 0.15) is 5.56 Å². The Morgan fingerprint density at radius 2 is 2.06 bits per heavy atom. The van der Waals surface area contributed by atoms with E-state index in [2.05, 4.69) is 5.32 Å². The van der Waals surface area contributed by atoms with Gasteiger partial charge < -0.3 is 14.8 Å². The summed E-state index contributed by atoms with van der Waals surface area (Å²) < 4.78 is 36.3. The smallest absolute Gasteiger partial charge is 0.163 e. The molecule has 0 aromatic heterocycles. The maximum Gasteiger partial charge on any atom is 0.163 e. The highest BCUT2D eigenvalue weighted by atomic mass is 19.2. The van der Waals surface area contributed by atoms with Crippen molar-refractivity contribution in [1.29, 1.82) is 0 Å². The highest BCUT2D eigenvalue weighted by Gasteiger charge is 2.09. The maximum atomic E-state index is 13.3. The van der Waals surface area contributed by atoms with Crippen LogP contribution in [0.5, 0.6) is 0 Å². The van der Waals surface area contributed by atoms with Crippen molar-refractivity contribution in [3.8, 4) is 0 Å². The number of rotatable bonds is 7. The molecular weight excluding hydrogens is 228 g/mol. The van der Waals surface area contributed by atoms with E-state index in [4.69, 9.17) is 9.47 Å². The summed E-state index contributed by atoms with van der Waals surface area (Å²) in [6, 6.07) is 4.13. The first-order valence-electron chi connectivity index (χ1n) is 5.34. The van der Waals surface area contributed by atoms with Crippen molar-refractivity contribution in [2.45, 2.75) is 12.6 Å². The third-order valence-corrected chi connectivity index (χ3v) is 2.40. The first-order chi connectivity index (χ1) is 8.19. The number of benzene rings is 1. The van der Waals surface area contributed by atoms with Crippen molar-refractivity contribution in [2.24, 2.45) is 0 Å². The van der Waals surface area contributed by atoms with Gasteiger partial charge in [-0.15, -0.1) is 0 Å². The molecule has 0 fully saturated rings. The van der Waals surface area contributed by atoms with Crippen LogP contribution in [0.3, 0.4) is 0 Å². The van der Waals surface area contributed by atoms with Gasteiger partial charge in [0, 0.05) is 32.9 Å². The van der Waals surface area contributed by atoms with Gasteiger partial charge in [0.15, 0.2) is 11.6 Å². The summed E-state index contributed by atoms with van der Waals surface area (Å²) in [7, 11) is 3.16. The molecule has 0 spiro atoms. The fourth-order valence-corrected chi connectivity index (χ4v) is 1.45. The van der Waals surface area contributed by atoms with Crippen LogP contribution in [0.4, 0.5) is 8.78 Å². The van der Waals surface area contributed by atoms with Crippen molar-refractivity contribution >= 4 is 0 Å². The number of hydrogen-bond acceptors (Lipinski definition) is 3. The summed E-state index contributed by atoms with van der Waals surface area (Å²) in [6.07, 6.45) is -0.100. The van der Waals surface area contributed by atoms with Crippen LogP contribution in [-0.4, -0.2) is 33.5 Å². The third-order valence-electron chi connectivity index (χ3n) is 2.40. The lowest BCUT2D eigenvalue weighted by atomic mass is 10.2. The van der Waals surface area contributed by atoms with E-state index in [9.17, 15) is 8.78 Å². The van der Waals surface area contributed by atoms with Gasteiger partial charge >= 0.3 is 0 Å². The highest BCUT2D eigenvalue weighted by molar-refractivity contribution is 5.18. The molecule has 0 aliphatic rings. The van der Waals surface area contributed by atoms with Gasteiger partial charge in [-0.1, -0.05) is 12.1 Å². The standard InChI is InChI=1S/C12H17F2NO2/c1-16-8-10(17-2)7-15-6-9-4-3-5-11(13)12(9)14/h3-5,10,15H,6-8H2,1-2H3. The Morgan fingerprint density at radius 1 is 1.29 bits per heavy atom. The summed E-state index contributed by atoms with van der Waals surface area (Å²) in [5.41, 5.74) is 0.303. The summed E-state index contributed by atoms with van der Waals surface area (Å²) in [4.78, 5) is 0. The van der Waals surface area contributed by atoms with Crippen LogP contribution < -0.4 is 5.32 Å². The van der Waals surface area contributed by atoms with E-state index < -0.39 is 11.6 Å². The fraction of sp³-hybridized carbons (Fsp3) is 0.500. The average Bonchev–Trinajstić information content (AvgIpc) is 2.33. The Morgan fingerprint density at radius 3 is 2.71 bits per heavy atom. The Labute approximate surface area is 99.7 Å². The quantitative estimate of drug-likeness (QED) is 0.793. The SMILES string of the molecule is COCC(CNCc1cccc(F)c1F)OC. The zero-order valence-corrected chi connectivity index (χ0v) is 10.0. The van der Waals surface area contributed by atoms with Crippen molar-refractivity contribution < 1.29 is 18.3 Å². The molecule has 1 atom stereocenters. The van der Waals surface area contributed by atoms with Crippen molar-refractivity contribution in [1.82, 2.24) is 5.32 Å². The van der Waals surface area contributed by atoms with Crippen LogP contribution in [0.2, 0.25) is 0 Å². The molecule has 0 aliphatic heterocycles. The van der Waals surface area contributed by atoms with Gasteiger partial charge in [0.1, 0.15) is 0 Å². The fourth-order valence-electron chi connectivity index (χ4n) is 1.45. The zero-order chi connectivity index (χ0) is 12.7. The molecule has 1 rings (SSSR count). The summed E-state index contributed by atoms with van der Waals surface area (Å²) in [5.74, 6) is -1.63. The summed E-state index contributed by atoms with van der Waals surface area (Å²) in [5, 5.41) is 2.99. The van der Waals surface area contributed by atoms with Gasteiger partial charge in [-0.05, 0) is 6.07 Å². The topological polar surface area (TPSA) is 30.5 Å². The monoisotopic (exact) mass is 245 g/mol. The molecule has 0 bridgehead atoms.